The standard InChI is InChI=1S/C10H17F3N2O2/c11-10(12,13)2-1-8(16)15-9(7-14)3-5-17-6-4-9/h1-7,14H2,(H,15,16). The van der Waals surface area contributed by atoms with Crippen LogP contribution in [0.5, 0.6) is 0 Å². The monoisotopic (exact) mass is 254 g/mol. The predicted molar refractivity (Wildman–Crippen MR) is 55.3 cm³/mol. The second-order valence-electron chi connectivity index (χ2n) is 4.26. The van der Waals surface area contributed by atoms with E-state index >= 15 is 0 Å². The van der Waals surface area contributed by atoms with E-state index in [0.717, 1.165) is 0 Å². The maximum Gasteiger partial charge on any atom is 0.389 e. The van der Waals surface area contributed by atoms with E-state index in [-0.39, 0.29) is 6.54 Å². The molecule has 1 rings (SSSR count). The number of alkyl halides is 3. The van der Waals surface area contributed by atoms with E-state index in [1.807, 2.05) is 0 Å². The quantitative estimate of drug-likeness (QED) is 0.785. The molecule has 100 valence electrons. The molecule has 0 aromatic heterocycles. The molecule has 1 heterocycles. The minimum absolute atomic E-state index is 0.216. The van der Waals surface area contributed by atoms with Crippen molar-refractivity contribution >= 4 is 5.91 Å². The van der Waals surface area contributed by atoms with Gasteiger partial charge in [-0.3, -0.25) is 4.79 Å². The molecule has 0 radical (unpaired) electrons. The van der Waals surface area contributed by atoms with Gasteiger partial charge in [0.05, 0.1) is 12.0 Å². The summed E-state index contributed by atoms with van der Waals surface area (Å²) in [5.41, 5.74) is 4.98. The highest BCUT2D eigenvalue weighted by Crippen LogP contribution is 2.23. The molecule has 7 heteroatoms. The first-order chi connectivity index (χ1) is 7.87. The van der Waals surface area contributed by atoms with E-state index < -0.39 is 30.5 Å². The van der Waals surface area contributed by atoms with E-state index in [1.54, 1.807) is 0 Å². The summed E-state index contributed by atoms with van der Waals surface area (Å²) in [4.78, 5) is 11.4. The average Bonchev–Trinajstić information content (AvgIpc) is 2.27. The first kappa shape index (κ1) is 14.2. The van der Waals surface area contributed by atoms with Gasteiger partial charge < -0.3 is 15.8 Å². The fraction of sp³-hybridized carbons (Fsp3) is 0.900. The summed E-state index contributed by atoms with van der Waals surface area (Å²) >= 11 is 0. The maximum absolute atomic E-state index is 11.9. The van der Waals surface area contributed by atoms with Crippen LogP contribution in [0.3, 0.4) is 0 Å². The van der Waals surface area contributed by atoms with Crippen LogP contribution in [0, 0.1) is 0 Å². The van der Waals surface area contributed by atoms with Crippen LogP contribution in [-0.2, 0) is 9.53 Å². The fourth-order valence-corrected chi connectivity index (χ4v) is 1.76. The number of amides is 1. The summed E-state index contributed by atoms with van der Waals surface area (Å²) in [6.07, 6.45) is -4.87. The number of nitrogens with two attached hydrogens (primary N) is 1. The molecule has 0 aliphatic carbocycles. The van der Waals surface area contributed by atoms with E-state index in [1.165, 1.54) is 0 Å². The summed E-state index contributed by atoms with van der Waals surface area (Å²) in [5, 5.41) is 2.61. The summed E-state index contributed by atoms with van der Waals surface area (Å²) in [6, 6.07) is 0. The largest absolute Gasteiger partial charge is 0.389 e. The second-order valence-corrected chi connectivity index (χ2v) is 4.26. The van der Waals surface area contributed by atoms with Crippen molar-refractivity contribution in [2.24, 2.45) is 5.73 Å². The molecule has 0 bridgehead atoms. The summed E-state index contributed by atoms with van der Waals surface area (Å²) in [7, 11) is 0. The van der Waals surface area contributed by atoms with E-state index in [9.17, 15) is 18.0 Å². The van der Waals surface area contributed by atoms with Crippen molar-refractivity contribution in [1.29, 1.82) is 0 Å². The van der Waals surface area contributed by atoms with Gasteiger partial charge in [-0.2, -0.15) is 13.2 Å². The Kier molecular flexibility index (Phi) is 4.76. The fourth-order valence-electron chi connectivity index (χ4n) is 1.76. The van der Waals surface area contributed by atoms with Crippen LogP contribution in [0.1, 0.15) is 25.7 Å². The van der Waals surface area contributed by atoms with Crippen LogP contribution in [0.2, 0.25) is 0 Å². The average molecular weight is 254 g/mol. The molecule has 0 atom stereocenters. The Morgan fingerprint density at radius 1 is 1.35 bits per heavy atom. The summed E-state index contributed by atoms with van der Waals surface area (Å²) < 4.78 is 41.0. The zero-order valence-corrected chi connectivity index (χ0v) is 9.48. The molecule has 1 amide bonds. The molecule has 0 saturated carbocycles. The van der Waals surface area contributed by atoms with Crippen molar-refractivity contribution in [3.63, 3.8) is 0 Å². The highest BCUT2D eigenvalue weighted by Gasteiger charge is 2.34. The molecule has 1 aliphatic heterocycles. The predicted octanol–water partition coefficient (Wildman–Crippen LogP) is 0.953. The smallest absolute Gasteiger partial charge is 0.381 e. The molecule has 0 unspecified atom stereocenters. The lowest BCUT2D eigenvalue weighted by molar-refractivity contribution is -0.145. The molecule has 3 N–H and O–H groups in total. The number of hydrogen-bond donors (Lipinski definition) is 2. The molecular formula is C10H17F3N2O2. The lowest BCUT2D eigenvalue weighted by Gasteiger charge is -2.37. The Morgan fingerprint density at radius 2 is 1.94 bits per heavy atom. The molecule has 0 spiro atoms. The zero-order valence-electron chi connectivity index (χ0n) is 9.48. The number of rotatable bonds is 4. The Hall–Kier alpha value is -0.820. The van der Waals surface area contributed by atoms with E-state index in [4.69, 9.17) is 10.5 Å². The highest BCUT2D eigenvalue weighted by atomic mass is 19.4. The number of carbonyl (C=O) groups is 1. The van der Waals surface area contributed by atoms with Gasteiger partial charge in [-0.15, -0.1) is 0 Å². The maximum atomic E-state index is 11.9. The van der Waals surface area contributed by atoms with Gasteiger partial charge in [0.15, 0.2) is 0 Å². The summed E-state index contributed by atoms with van der Waals surface area (Å²) in [5.74, 6) is -0.602. The molecule has 1 fully saturated rings. The van der Waals surface area contributed by atoms with Gasteiger partial charge >= 0.3 is 6.18 Å². The van der Waals surface area contributed by atoms with E-state index in [0.29, 0.717) is 26.1 Å². The minimum atomic E-state index is -4.30. The molecule has 17 heavy (non-hydrogen) atoms. The second kappa shape index (κ2) is 5.68. The third kappa shape index (κ3) is 4.91. The van der Waals surface area contributed by atoms with Crippen LogP contribution in [0.15, 0.2) is 0 Å². The van der Waals surface area contributed by atoms with Gasteiger partial charge in [0.25, 0.3) is 0 Å². The first-order valence-electron chi connectivity index (χ1n) is 5.52. The van der Waals surface area contributed by atoms with Crippen LogP contribution in [0.25, 0.3) is 0 Å². The Morgan fingerprint density at radius 3 is 2.41 bits per heavy atom. The van der Waals surface area contributed by atoms with Gasteiger partial charge in [0.2, 0.25) is 5.91 Å². The third-order valence-corrected chi connectivity index (χ3v) is 2.88. The van der Waals surface area contributed by atoms with Crippen LogP contribution >= 0.6 is 0 Å². The molecule has 1 aliphatic rings. The molecule has 4 nitrogen and oxygen atoms in total. The lowest BCUT2D eigenvalue weighted by Crippen LogP contribution is -2.56. The van der Waals surface area contributed by atoms with Crippen molar-refractivity contribution in [3.05, 3.63) is 0 Å². The SMILES string of the molecule is NCC1(NC(=O)CCC(F)(F)F)CCOCC1. The molecular weight excluding hydrogens is 237 g/mol. The topological polar surface area (TPSA) is 64.3 Å². The molecule has 0 aromatic carbocycles. The van der Waals surface area contributed by atoms with Crippen LogP contribution < -0.4 is 11.1 Å². The number of halogens is 3. The van der Waals surface area contributed by atoms with Gasteiger partial charge in [0, 0.05) is 26.2 Å². The normalized spacial score (nSPS) is 20.0. The van der Waals surface area contributed by atoms with Crippen molar-refractivity contribution in [1.82, 2.24) is 5.32 Å². The molecule has 1 saturated heterocycles. The van der Waals surface area contributed by atoms with Crippen molar-refractivity contribution in [3.8, 4) is 0 Å². The van der Waals surface area contributed by atoms with Crippen LogP contribution in [-0.4, -0.2) is 37.4 Å². The first-order valence-corrected chi connectivity index (χ1v) is 5.52. The van der Waals surface area contributed by atoms with Crippen molar-refractivity contribution in [2.45, 2.75) is 37.4 Å². The number of carbonyl (C=O) groups excluding carboxylic acids is 1. The van der Waals surface area contributed by atoms with Crippen molar-refractivity contribution in [2.75, 3.05) is 19.8 Å². The number of hydrogen-bond acceptors (Lipinski definition) is 3. The highest BCUT2D eigenvalue weighted by molar-refractivity contribution is 5.76. The number of ether oxygens (including phenoxy) is 1. The molecule has 0 aromatic rings. The lowest BCUT2D eigenvalue weighted by atomic mass is 9.90. The zero-order chi connectivity index (χ0) is 12.9. The van der Waals surface area contributed by atoms with Crippen LogP contribution in [0.4, 0.5) is 13.2 Å². The van der Waals surface area contributed by atoms with E-state index in [2.05, 4.69) is 5.32 Å². The van der Waals surface area contributed by atoms with Gasteiger partial charge in [-0.1, -0.05) is 0 Å². The van der Waals surface area contributed by atoms with Gasteiger partial charge in [-0.25, -0.2) is 0 Å². The van der Waals surface area contributed by atoms with Crippen molar-refractivity contribution < 1.29 is 22.7 Å². The Bertz CT molecular complexity index is 263. The summed E-state index contributed by atoms with van der Waals surface area (Å²) in [6.45, 7) is 1.15. The minimum Gasteiger partial charge on any atom is -0.381 e. The Labute approximate surface area is 97.7 Å². The third-order valence-electron chi connectivity index (χ3n) is 2.88. The van der Waals surface area contributed by atoms with Gasteiger partial charge in [-0.05, 0) is 12.8 Å². The number of nitrogens with one attached hydrogen (secondary N) is 1. The van der Waals surface area contributed by atoms with Gasteiger partial charge in [0.1, 0.15) is 0 Å². The Balaban J connectivity index is 2.42.